The van der Waals surface area contributed by atoms with E-state index in [0.717, 1.165) is 5.56 Å². The maximum Gasteiger partial charge on any atom is 0.250 e. The Morgan fingerprint density at radius 3 is 2.85 bits per heavy atom. The van der Waals surface area contributed by atoms with Gasteiger partial charge in [-0.05, 0) is 30.3 Å². The molecule has 4 rings (SSSR count). The Bertz CT molecular complexity index is 1130. The monoisotopic (exact) mass is 349 g/mol. The molecule has 26 heavy (non-hydrogen) atoms. The number of oxazole rings is 1. The fourth-order valence-electron chi connectivity index (χ4n) is 2.50. The van der Waals surface area contributed by atoms with Crippen molar-refractivity contribution >= 4 is 11.1 Å². The molecular weight excluding hydrogens is 334 g/mol. The lowest BCUT2D eigenvalue weighted by Crippen LogP contribution is -2.13. The SMILES string of the molecule is Cn1cc(-c2nc3cc(OCc4ccc(O)cn4)ccc3o2)ccc1=O. The number of benzene rings is 1. The van der Waals surface area contributed by atoms with Gasteiger partial charge in [-0.15, -0.1) is 0 Å². The molecular formula is C19H15N3O4. The average Bonchev–Trinajstić information content (AvgIpc) is 3.07. The molecule has 0 aliphatic heterocycles. The summed E-state index contributed by atoms with van der Waals surface area (Å²) in [6.45, 7) is 0.275. The normalized spacial score (nSPS) is 11.0. The van der Waals surface area contributed by atoms with Gasteiger partial charge in [-0.1, -0.05) is 0 Å². The smallest absolute Gasteiger partial charge is 0.250 e. The Balaban J connectivity index is 1.58. The van der Waals surface area contributed by atoms with E-state index in [1.54, 1.807) is 49.6 Å². The maximum absolute atomic E-state index is 11.5. The summed E-state index contributed by atoms with van der Waals surface area (Å²) in [6, 6.07) is 11.8. The Labute approximate surface area is 148 Å². The van der Waals surface area contributed by atoms with Crippen molar-refractivity contribution in [1.82, 2.24) is 14.5 Å². The minimum Gasteiger partial charge on any atom is -0.506 e. The Kier molecular flexibility index (Phi) is 3.89. The van der Waals surface area contributed by atoms with E-state index in [9.17, 15) is 9.90 Å². The van der Waals surface area contributed by atoms with Crippen LogP contribution in [0.25, 0.3) is 22.6 Å². The van der Waals surface area contributed by atoms with Crippen LogP contribution in [0.2, 0.25) is 0 Å². The van der Waals surface area contributed by atoms with E-state index in [1.807, 2.05) is 0 Å². The molecule has 3 aromatic heterocycles. The molecule has 1 N–H and O–H groups in total. The van der Waals surface area contributed by atoms with E-state index >= 15 is 0 Å². The molecule has 3 heterocycles. The second-order valence-electron chi connectivity index (χ2n) is 5.81. The summed E-state index contributed by atoms with van der Waals surface area (Å²) >= 11 is 0. The third kappa shape index (κ3) is 3.14. The van der Waals surface area contributed by atoms with Crippen LogP contribution in [-0.4, -0.2) is 19.6 Å². The zero-order valence-electron chi connectivity index (χ0n) is 13.9. The first-order chi connectivity index (χ1) is 12.6. The summed E-state index contributed by atoms with van der Waals surface area (Å²) in [5.41, 5.74) is 2.62. The van der Waals surface area contributed by atoms with Crippen LogP contribution in [0.5, 0.6) is 11.5 Å². The highest BCUT2D eigenvalue weighted by atomic mass is 16.5. The first-order valence-corrected chi connectivity index (χ1v) is 7.93. The summed E-state index contributed by atoms with van der Waals surface area (Å²) in [7, 11) is 1.68. The Morgan fingerprint density at radius 1 is 1.19 bits per heavy atom. The van der Waals surface area contributed by atoms with Gasteiger partial charge in [-0.3, -0.25) is 9.78 Å². The first-order valence-electron chi connectivity index (χ1n) is 7.93. The van der Waals surface area contributed by atoms with Crippen molar-refractivity contribution in [2.75, 3.05) is 0 Å². The molecule has 0 unspecified atom stereocenters. The van der Waals surface area contributed by atoms with Gasteiger partial charge in [-0.2, -0.15) is 0 Å². The van der Waals surface area contributed by atoms with E-state index in [4.69, 9.17) is 9.15 Å². The van der Waals surface area contributed by atoms with Crippen molar-refractivity contribution in [2.24, 2.45) is 7.05 Å². The highest BCUT2D eigenvalue weighted by Gasteiger charge is 2.10. The quantitative estimate of drug-likeness (QED) is 0.609. The van der Waals surface area contributed by atoms with Crippen molar-refractivity contribution in [3.05, 3.63) is 70.9 Å². The number of ether oxygens (including phenoxy) is 1. The molecule has 0 fully saturated rings. The van der Waals surface area contributed by atoms with Crippen LogP contribution in [0.4, 0.5) is 0 Å². The van der Waals surface area contributed by atoms with Gasteiger partial charge in [0.2, 0.25) is 11.4 Å². The highest BCUT2D eigenvalue weighted by Crippen LogP contribution is 2.26. The number of hydrogen-bond acceptors (Lipinski definition) is 6. The third-order valence-electron chi connectivity index (χ3n) is 3.89. The van der Waals surface area contributed by atoms with Crippen LogP contribution in [0.15, 0.2) is 64.1 Å². The van der Waals surface area contributed by atoms with E-state index in [0.29, 0.717) is 28.4 Å². The van der Waals surface area contributed by atoms with Gasteiger partial charge in [0.15, 0.2) is 5.58 Å². The van der Waals surface area contributed by atoms with Gasteiger partial charge in [-0.25, -0.2) is 4.98 Å². The van der Waals surface area contributed by atoms with Gasteiger partial charge < -0.3 is 18.8 Å². The summed E-state index contributed by atoms with van der Waals surface area (Å²) < 4.78 is 13.0. The lowest BCUT2D eigenvalue weighted by molar-refractivity contribution is 0.301. The molecule has 7 nitrogen and oxygen atoms in total. The standard InChI is InChI=1S/C19H15N3O4/c1-22-10-12(2-7-18(22)24)19-21-16-8-15(5-6-17(16)26-19)25-11-13-3-4-14(23)9-20-13/h2-10,23H,11H2,1H3. The summed E-state index contributed by atoms with van der Waals surface area (Å²) in [4.78, 5) is 20.1. The van der Waals surface area contributed by atoms with Crippen LogP contribution in [0.1, 0.15) is 5.69 Å². The number of rotatable bonds is 4. The van der Waals surface area contributed by atoms with E-state index in [1.165, 1.54) is 16.8 Å². The number of pyridine rings is 2. The van der Waals surface area contributed by atoms with Crippen LogP contribution in [0, 0.1) is 0 Å². The minimum absolute atomic E-state index is 0.0941. The zero-order valence-corrected chi connectivity index (χ0v) is 13.9. The Morgan fingerprint density at radius 2 is 2.08 bits per heavy atom. The molecule has 0 aliphatic rings. The number of aryl methyl sites for hydroxylation is 1. The van der Waals surface area contributed by atoms with Crippen molar-refractivity contribution in [2.45, 2.75) is 6.61 Å². The maximum atomic E-state index is 11.5. The number of hydrogen-bond donors (Lipinski definition) is 1. The fourth-order valence-corrected chi connectivity index (χ4v) is 2.50. The topological polar surface area (TPSA) is 90.4 Å². The lowest BCUT2D eigenvalue weighted by atomic mass is 10.3. The largest absolute Gasteiger partial charge is 0.506 e. The summed E-state index contributed by atoms with van der Waals surface area (Å²) in [5, 5.41) is 9.25. The molecule has 0 spiro atoms. The molecule has 0 bridgehead atoms. The fraction of sp³-hybridized carbons (Fsp3) is 0.105. The molecule has 4 aromatic rings. The number of nitrogens with zero attached hydrogens (tertiary/aromatic N) is 3. The van der Waals surface area contributed by atoms with Gasteiger partial charge >= 0.3 is 0 Å². The minimum atomic E-state index is -0.0941. The van der Waals surface area contributed by atoms with Gasteiger partial charge in [0.25, 0.3) is 0 Å². The third-order valence-corrected chi connectivity index (χ3v) is 3.89. The molecule has 130 valence electrons. The predicted octanol–water partition coefficient (Wildman–Crippen LogP) is 2.87. The van der Waals surface area contributed by atoms with E-state index < -0.39 is 0 Å². The van der Waals surface area contributed by atoms with Crippen molar-refractivity contribution in [1.29, 1.82) is 0 Å². The van der Waals surface area contributed by atoms with Gasteiger partial charge in [0.05, 0.1) is 17.5 Å². The zero-order chi connectivity index (χ0) is 18.1. The number of fused-ring (bicyclic) bond motifs is 1. The van der Waals surface area contributed by atoms with Crippen molar-refractivity contribution in [3.8, 4) is 23.0 Å². The predicted molar refractivity (Wildman–Crippen MR) is 94.9 cm³/mol. The molecule has 0 saturated heterocycles. The highest BCUT2D eigenvalue weighted by molar-refractivity contribution is 5.77. The van der Waals surface area contributed by atoms with E-state index in [-0.39, 0.29) is 17.9 Å². The molecule has 0 amide bonds. The molecule has 7 heteroatoms. The van der Waals surface area contributed by atoms with Gasteiger partial charge in [0, 0.05) is 25.4 Å². The summed E-state index contributed by atoms with van der Waals surface area (Å²) in [5.74, 6) is 1.18. The van der Waals surface area contributed by atoms with Crippen LogP contribution < -0.4 is 10.3 Å². The van der Waals surface area contributed by atoms with Crippen LogP contribution >= 0.6 is 0 Å². The Hall–Kier alpha value is -3.61. The van der Waals surface area contributed by atoms with Gasteiger partial charge in [0.1, 0.15) is 23.6 Å². The van der Waals surface area contributed by atoms with Crippen molar-refractivity contribution < 1.29 is 14.3 Å². The average molecular weight is 349 g/mol. The molecule has 0 radical (unpaired) electrons. The van der Waals surface area contributed by atoms with Crippen molar-refractivity contribution in [3.63, 3.8) is 0 Å². The molecule has 0 atom stereocenters. The molecule has 1 aromatic carbocycles. The van der Waals surface area contributed by atoms with E-state index in [2.05, 4.69) is 9.97 Å². The first kappa shape index (κ1) is 15.9. The lowest BCUT2D eigenvalue weighted by Gasteiger charge is -2.05. The molecule has 0 saturated carbocycles. The number of aromatic hydroxyl groups is 1. The second kappa shape index (κ2) is 6.36. The molecule has 0 aliphatic carbocycles. The van der Waals surface area contributed by atoms with Crippen LogP contribution in [-0.2, 0) is 13.7 Å². The summed E-state index contributed by atoms with van der Waals surface area (Å²) in [6.07, 6.45) is 3.06. The second-order valence-corrected chi connectivity index (χ2v) is 5.81. The van der Waals surface area contributed by atoms with Crippen LogP contribution in [0.3, 0.4) is 0 Å². The number of aromatic nitrogens is 3.